The smallest absolute Gasteiger partial charge is 0.261 e. The highest BCUT2D eigenvalue weighted by Gasteiger charge is 2.43. The van der Waals surface area contributed by atoms with E-state index in [9.17, 15) is 4.79 Å². The molecule has 0 aromatic carbocycles. The van der Waals surface area contributed by atoms with Gasteiger partial charge in [-0.1, -0.05) is 15.9 Å². The van der Waals surface area contributed by atoms with Crippen LogP contribution in [0, 0.1) is 0 Å². The third kappa shape index (κ3) is 2.34. The first kappa shape index (κ1) is 11.0. The molecule has 1 aromatic heterocycles. The number of methoxy groups -OCH3 is 1. The van der Waals surface area contributed by atoms with E-state index in [1.807, 2.05) is 5.38 Å². The third-order valence-electron chi connectivity index (χ3n) is 2.52. The maximum Gasteiger partial charge on any atom is 0.261 e. The largest absolute Gasteiger partial charge is 0.496 e. The highest BCUT2D eigenvalue weighted by Crippen LogP contribution is 2.37. The molecular formula is C10H12BrNO2S. The fourth-order valence-corrected chi connectivity index (χ4v) is 2.74. The molecule has 1 aromatic rings. The van der Waals surface area contributed by atoms with Crippen molar-refractivity contribution in [2.24, 2.45) is 0 Å². The zero-order valence-electron chi connectivity index (χ0n) is 8.38. The van der Waals surface area contributed by atoms with Gasteiger partial charge < -0.3 is 10.1 Å². The molecule has 0 aliphatic heterocycles. The molecule has 1 heterocycles. The average Bonchev–Trinajstić information content (AvgIpc) is 2.85. The molecule has 0 bridgehead atoms. The Bertz CT molecular complexity index is 373. The van der Waals surface area contributed by atoms with Crippen LogP contribution in [0.3, 0.4) is 0 Å². The fraction of sp³-hybridized carbons (Fsp3) is 0.500. The molecule has 0 atom stereocenters. The molecule has 3 nitrogen and oxygen atoms in total. The number of hydrogen-bond acceptors (Lipinski definition) is 3. The van der Waals surface area contributed by atoms with Gasteiger partial charge in [-0.2, -0.15) is 0 Å². The van der Waals surface area contributed by atoms with Gasteiger partial charge in [0, 0.05) is 16.8 Å². The zero-order valence-corrected chi connectivity index (χ0v) is 10.8. The van der Waals surface area contributed by atoms with Gasteiger partial charge in [-0.25, -0.2) is 0 Å². The Morgan fingerprint density at radius 2 is 2.47 bits per heavy atom. The van der Waals surface area contributed by atoms with Crippen LogP contribution in [0.25, 0.3) is 0 Å². The van der Waals surface area contributed by atoms with Gasteiger partial charge in [0.05, 0.1) is 17.5 Å². The van der Waals surface area contributed by atoms with Crippen LogP contribution >= 0.6 is 27.3 Å². The number of carbonyl (C=O) groups is 1. The predicted molar refractivity (Wildman–Crippen MR) is 64.1 cm³/mol. The van der Waals surface area contributed by atoms with E-state index < -0.39 is 0 Å². The summed E-state index contributed by atoms with van der Waals surface area (Å²) in [5.41, 5.74) is 0.00824. The molecule has 1 saturated carbocycles. The summed E-state index contributed by atoms with van der Waals surface area (Å²) in [4.78, 5) is 12.5. The Hall–Kier alpha value is -0.550. The second-order valence-electron chi connectivity index (χ2n) is 3.72. The summed E-state index contributed by atoms with van der Waals surface area (Å²) in [5.74, 6) is 0.745. The van der Waals surface area contributed by atoms with Gasteiger partial charge in [0.1, 0.15) is 5.75 Å². The number of hydrogen-bond donors (Lipinski definition) is 1. The summed E-state index contributed by atoms with van der Waals surface area (Å²) in [6, 6.07) is 1.77. The van der Waals surface area contributed by atoms with Crippen molar-refractivity contribution >= 4 is 33.2 Å². The molecule has 5 heteroatoms. The number of amides is 1. The second-order valence-corrected chi connectivity index (χ2v) is 5.19. The lowest BCUT2D eigenvalue weighted by Crippen LogP contribution is -2.37. The Labute approximate surface area is 101 Å². The molecule has 0 unspecified atom stereocenters. The number of alkyl halides is 1. The Morgan fingerprint density at radius 3 is 2.93 bits per heavy atom. The van der Waals surface area contributed by atoms with Crippen LogP contribution in [0.1, 0.15) is 22.5 Å². The van der Waals surface area contributed by atoms with Crippen molar-refractivity contribution in [3.8, 4) is 5.75 Å². The first-order valence-corrected chi connectivity index (χ1v) is 6.70. The Kier molecular flexibility index (Phi) is 3.02. The van der Waals surface area contributed by atoms with E-state index in [0.717, 1.165) is 23.9 Å². The van der Waals surface area contributed by atoms with Gasteiger partial charge in [0.25, 0.3) is 5.91 Å². The summed E-state index contributed by atoms with van der Waals surface area (Å²) < 4.78 is 5.04. The monoisotopic (exact) mass is 289 g/mol. The molecule has 1 N–H and O–H groups in total. The standard InChI is InChI=1S/C10H12BrNO2S/c1-14-7-4-8(15-5-7)9(13)12-10(6-11)2-3-10/h4-5H,2-3,6H2,1H3,(H,12,13). The van der Waals surface area contributed by atoms with E-state index in [2.05, 4.69) is 21.2 Å². The van der Waals surface area contributed by atoms with Gasteiger partial charge in [0.15, 0.2) is 0 Å². The third-order valence-corrected chi connectivity index (χ3v) is 4.50. The lowest BCUT2D eigenvalue weighted by Gasteiger charge is -2.12. The van der Waals surface area contributed by atoms with E-state index in [0.29, 0.717) is 4.88 Å². The fourth-order valence-electron chi connectivity index (χ4n) is 1.29. The van der Waals surface area contributed by atoms with E-state index in [1.165, 1.54) is 11.3 Å². The molecule has 82 valence electrons. The number of ether oxygens (including phenoxy) is 1. The maximum absolute atomic E-state index is 11.8. The van der Waals surface area contributed by atoms with Crippen LogP contribution in [0.15, 0.2) is 11.4 Å². The summed E-state index contributed by atoms with van der Waals surface area (Å²) in [7, 11) is 1.60. The number of thiophene rings is 1. The van der Waals surface area contributed by atoms with Crippen molar-refractivity contribution in [3.63, 3.8) is 0 Å². The lowest BCUT2D eigenvalue weighted by molar-refractivity contribution is 0.0940. The van der Waals surface area contributed by atoms with Crippen LogP contribution in [-0.2, 0) is 0 Å². The van der Waals surface area contributed by atoms with Crippen LogP contribution in [-0.4, -0.2) is 23.9 Å². The normalized spacial score (nSPS) is 17.2. The topological polar surface area (TPSA) is 38.3 Å². The quantitative estimate of drug-likeness (QED) is 0.865. The molecule has 0 saturated heterocycles. The lowest BCUT2D eigenvalue weighted by atomic mass is 10.3. The molecular weight excluding hydrogens is 278 g/mol. The van der Waals surface area contributed by atoms with E-state index in [1.54, 1.807) is 13.2 Å². The zero-order chi connectivity index (χ0) is 10.9. The first-order chi connectivity index (χ1) is 7.19. The van der Waals surface area contributed by atoms with Crippen LogP contribution in [0.2, 0.25) is 0 Å². The van der Waals surface area contributed by atoms with E-state index in [-0.39, 0.29) is 11.4 Å². The molecule has 2 rings (SSSR count). The number of rotatable bonds is 4. The van der Waals surface area contributed by atoms with E-state index in [4.69, 9.17) is 4.74 Å². The van der Waals surface area contributed by atoms with Crippen molar-refractivity contribution in [2.45, 2.75) is 18.4 Å². The highest BCUT2D eigenvalue weighted by atomic mass is 79.9. The minimum atomic E-state index is 0.000231. The summed E-state index contributed by atoms with van der Waals surface area (Å²) in [5, 5.41) is 5.70. The molecule has 1 aliphatic rings. The Morgan fingerprint density at radius 1 is 1.73 bits per heavy atom. The molecule has 1 aliphatic carbocycles. The van der Waals surface area contributed by atoms with Gasteiger partial charge in [0.2, 0.25) is 0 Å². The molecule has 0 spiro atoms. The molecule has 0 radical (unpaired) electrons. The van der Waals surface area contributed by atoms with Gasteiger partial charge in [-0.3, -0.25) is 4.79 Å². The maximum atomic E-state index is 11.8. The van der Waals surface area contributed by atoms with Crippen molar-refractivity contribution < 1.29 is 9.53 Å². The van der Waals surface area contributed by atoms with Crippen molar-refractivity contribution in [1.29, 1.82) is 0 Å². The summed E-state index contributed by atoms with van der Waals surface area (Å²) in [6.45, 7) is 0. The van der Waals surface area contributed by atoms with Crippen molar-refractivity contribution in [1.82, 2.24) is 5.32 Å². The number of carbonyl (C=O) groups excluding carboxylic acids is 1. The average molecular weight is 290 g/mol. The van der Waals surface area contributed by atoms with Gasteiger partial charge in [-0.15, -0.1) is 11.3 Å². The number of nitrogens with one attached hydrogen (secondary N) is 1. The minimum Gasteiger partial charge on any atom is -0.496 e. The van der Waals surface area contributed by atoms with E-state index >= 15 is 0 Å². The summed E-state index contributed by atoms with van der Waals surface area (Å²) in [6.07, 6.45) is 2.12. The van der Waals surface area contributed by atoms with Crippen molar-refractivity contribution in [3.05, 3.63) is 16.3 Å². The molecule has 1 amide bonds. The summed E-state index contributed by atoms with van der Waals surface area (Å²) >= 11 is 4.83. The molecule has 1 fully saturated rings. The Balaban J connectivity index is 2.01. The second kappa shape index (κ2) is 4.14. The highest BCUT2D eigenvalue weighted by molar-refractivity contribution is 9.09. The number of halogens is 1. The SMILES string of the molecule is COc1csc(C(=O)NC2(CBr)CC2)c1. The van der Waals surface area contributed by atoms with Crippen molar-refractivity contribution in [2.75, 3.05) is 12.4 Å². The first-order valence-electron chi connectivity index (χ1n) is 4.70. The van der Waals surface area contributed by atoms with Crippen LogP contribution < -0.4 is 10.1 Å². The van der Waals surface area contributed by atoms with Crippen LogP contribution in [0.5, 0.6) is 5.75 Å². The predicted octanol–water partition coefficient (Wildman–Crippen LogP) is 2.41. The molecule has 15 heavy (non-hydrogen) atoms. The van der Waals surface area contributed by atoms with Gasteiger partial charge in [-0.05, 0) is 12.8 Å². The van der Waals surface area contributed by atoms with Gasteiger partial charge >= 0.3 is 0 Å². The van der Waals surface area contributed by atoms with Crippen LogP contribution in [0.4, 0.5) is 0 Å². The minimum absolute atomic E-state index is 0.000231.